The number of anilines is 1. The molecule has 0 spiro atoms. The minimum absolute atomic E-state index is 0.431. The van der Waals surface area contributed by atoms with Gasteiger partial charge in [0.2, 0.25) is 4.90 Å². The lowest BCUT2D eigenvalue weighted by molar-refractivity contribution is 0.0116. The monoisotopic (exact) mass is 405 g/mol. The van der Waals surface area contributed by atoms with Crippen LogP contribution in [0.4, 0.5) is 5.69 Å². The molecule has 154 valence electrons. The molecule has 7 heteroatoms. The highest BCUT2D eigenvalue weighted by molar-refractivity contribution is 7.92. The number of likely N-dealkylation sites (tertiary alicyclic amines) is 1. The summed E-state index contributed by atoms with van der Waals surface area (Å²) in [7, 11) is 4.08. The van der Waals surface area contributed by atoms with E-state index in [-0.39, 0.29) is 0 Å². The van der Waals surface area contributed by atoms with Crippen LogP contribution in [0.5, 0.6) is 0 Å². The highest BCUT2D eigenvalue weighted by atomic mass is 32.2. The van der Waals surface area contributed by atoms with E-state index in [1.54, 1.807) is 0 Å². The molecule has 2 heterocycles. The Hall–Kier alpha value is -1.54. The number of piperidine rings is 1. The van der Waals surface area contributed by atoms with E-state index in [1.807, 2.05) is 37.7 Å². The molecule has 0 amide bonds. The van der Waals surface area contributed by atoms with Gasteiger partial charge in [0.1, 0.15) is 5.69 Å². The Bertz CT molecular complexity index is 755. The summed E-state index contributed by atoms with van der Waals surface area (Å²) in [6.45, 7) is 7.05. The van der Waals surface area contributed by atoms with Gasteiger partial charge in [-0.2, -0.15) is 14.4 Å². The van der Waals surface area contributed by atoms with Crippen LogP contribution in [0.1, 0.15) is 36.2 Å². The lowest BCUT2D eigenvalue weighted by Crippen LogP contribution is -2.34. The van der Waals surface area contributed by atoms with Crippen LogP contribution in [0, 0.1) is 13.8 Å². The van der Waals surface area contributed by atoms with E-state index in [0.717, 1.165) is 67.4 Å². The predicted octanol–water partition coefficient (Wildman–Crippen LogP) is 3.56. The number of nitrogens with one attached hydrogen (secondary N) is 1. The summed E-state index contributed by atoms with van der Waals surface area (Å²) >= 11 is -1.05. The lowest BCUT2D eigenvalue weighted by Gasteiger charge is -2.28. The van der Waals surface area contributed by atoms with E-state index in [0.29, 0.717) is 6.10 Å². The van der Waals surface area contributed by atoms with Crippen molar-refractivity contribution in [3.05, 3.63) is 41.2 Å². The maximum Gasteiger partial charge on any atom is 0.303 e. The molecule has 1 aliphatic heterocycles. The normalized spacial score (nSPS) is 17.0. The molecule has 1 unspecified atom stereocenters. The van der Waals surface area contributed by atoms with Crippen LogP contribution in [-0.4, -0.2) is 52.1 Å². The number of aryl methyl sites for hydroxylation is 3. The zero-order valence-corrected chi connectivity index (χ0v) is 18.3. The summed E-state index contributed by atoms with van der Waals surface area (Å²) in [5.74, 6) is 0. The van der Waals surface area contributed by atoms with Gasteiger partial charge in [0.25, 0.3) is 0 Å². The molecule has 6 nitrogen and oxygen atoms in total. The quantitative estimate of drug-likeness (QED) is 0.519. The first-order valence-electron chi connectivity index (χ1n) is 10.0. The minimum Gasteiger partial charge on any atom is -0.378 e. The van der Waals surface area contributed by atoms with Crippen molar-refractivity contribution in [2.75, 3.05) is 31.5 Å². The standard InChI is InChI=1S/C21H33N4O2S/c1-16-21(17(2)25(4)22-16)23-28(26)20-9-7-18(8-10-20)6-5-15-27-19-11-13-24(3)14-12-19/h7-10,19,23,26H,5-6,11-15H2,1-4H3/q+1. The van der Waals surface area contributed by atoms with Gasteiger partial charge < -0.3 is 9.64 Å². The molecular formula is C21H33N4O2S+. The van der Waals surface area contributed by atoms with Crippen molar-refractivity contribution < 1.29 is 9.29 Å². The number of nitrogens with zero attached hydrogens (tertiary/aromatic N) is 3. The molecule has 1 atom stereocenters. The molecule has 0 aliphatic carbocycles. The fourth-order valence-corrected chi connectivity index (χ4v) is 4.54. The van der Waals surface area contributed by atoms with Crippen molar-refractivity contribution in [3.8, 4) is 0 Å². The van der Waals surface area contributed by atoms with Gasteiger partial charge in [-0.15, -0.1) is 0 Å². The van der Waals surface area contributed by atoms with Crippen molar-refractivity contribution in [2.24, 2.45) is 7.05 Å². The third-order valence-corrected chi connectivity index (χ3v) is 6.60. The van der Waals surface area contributed by atoms with Crippen molar-refractivity contribution in [3.63, 3.8) is 0 Å². The van der Waals surface area contributed by atoms with Gasteiger partial charge in [0, 0.05) is 26.7 Å². The maximum absolute atomic E-state index is 10.6. The van der Waals surface area contributed by atoms with Crippen molar-refractivity contribution in [1.82, 2.24) is 14.7 Å². The molecule has 2 aromatic rings. The van der Waals surface area contributed by atoms with E-state index in [2.05, 4.69) is 33.9 Å². The van der Waals surface area contributed by atoms with Gasteiger partial charge in [0.15, 0.2) is 0 Å². The molecule has 1 saturated heterocycles. The fraction of sp³-hybridized carbons (Fsp3) is 0.571. The third kappa shape index (κ3) is 5.50. The van der Waals surface area contributed by atoms with Crippen molar-refractivity contribution >= 4 is 17.0 Å². The van der Waals surface area contributed by atoms with Gasteiger partial charge in [-0.1, -0.05) is 12.1 Å². The number of hydrogen-bond acceptors (Lipinski definition) is 5. The number of rotatable bonds is 8. The largest absolute Gasteiger partial charge is 0.378 e. The topological polar surface area (TPSA) is 62.6 Å². The molecule has 1 aliphatic rings. The first-order valence-corrected chi connectivity index (χ1v) is 11.2. The second kappa shape index (κ2) is 9.78. The van der Waals surface area contributed by atoms with Gasteiger partial charge in [0.05, 0.1) is 17.5 Å². The summed E-state index contributed by atoms with van der Waals surface area (Å²) in [6, 6.07) is 8.21. The fourth-order valence-electron chi connectivity index (χ4n) is 3.54. The van der Waals surface area contributed by atoms with Crippen molar-refractivity contribution in [1.29, 1.82) is 0 Å². The molecule has 0 saturated carbocycles. The molecule has 3 rings (SSSR count). The van der Waals surface area contributed by atoms with E-state index in [1.165, 1.54) is 5.56 Å². The summed E-state index contributed by atoms with van der Waals surface area (Å²) in [4.78, 5) is 3.25. The van der Waals surface area contributed by atoms with E-state index < -0.39 is 11.4 Å². The maximum atomic E-state index is 10.6. The number of benzene rings is 1. The Kier molecular flexibility index (Phi) is 7.40. The highest BCUT2D eigenvalue weighted by Gasteiger charge is 2.24. The van der Waals surface area contributed by atoms with Crippen LogP contribution in [0.3, 0.4) is 0 Å². The Morgan fingerprint density at radius 1 is 1.18 bits per heavy atom. The van der Waals surface area contributed by atoms with Gasteiger partial charge >= 0.3 is 11.4 Å². The molecule has 1 aromatic carbocycles. The van der Waals surface area contributed by atoms with Crippen LogP contribution in [0.2, 0.25) is 0 Å². The van der Waals surface area contributed by atoms with Crippen LogP contribution in [0.25, 0.3) is 0 Å². The van der Waals surface area contributed by atoms with E-state index >= 15 is 0 Å². The number of aromatic nitrogens is 2. The predicted molar refractivity (Wildman–Crippen MR) is 116 cm³/mol. The Balaban J connectivity index is 1.44. The van der Waals surface area contributed by atoms with Gasteiger partial charge in [-0.05, 0) is 64.3 Å². The third-order valence-electron chi connectivity index (χ3n) is 5.48. The van der Waals surface area contributed by atoms with Gasteiger partial charge in [-0.25, -0.2) is 0 Å². The van der Waals surface area contributed by atoms with Crippen LogP contribution < -0.4 is 4.72 Å². The summed E-state index contributed by atoms with van der Waals surface area (Å²) in [5, 5.41) is 4.38. The second-order valence-electron chi connectivity index (χ2n) is 7.68. The van der Waals surface area contributed by atoms with Crippen LogP contribution >= 0.6 is 0 Å². The number of hydrogen-bond donors (Lipinski definition) is 2. The van der Waals surface area contributed by atoms with Crippen molar-refractivity contribution in [2.45, 2.75) is 50.5 Å². The number of ether oxygens (including phenoxy) is 1. The zero-order valence-electron chi connectivity index (χ0n) is 17.4. The summed E-state index contributed by atoms with van der Waals surface area (Å²) in [6.07, 6.45) is 4.75. The molecular weight excluding hydrogens is 372 g/mol. The molecule has 0 radical (unpaired) electrons. The average molecular weight is 406 g/mol. The van der Waals surface area contributed by atoms with E-state index in [9.17, 15) is 4.55 Å². The van der Waals surface area contributed by atoms with Crippen LogP contribution in [-0.2, 0) is 29.6 Å². The molecule has 2 N–H and O–H groups in total. The SMILES string of the molecule is Cc1nn(C)c(C)c1N[S+](O)c1ccc(CCCOC2CCN(C)CC2)cc1. The second-order valence-corrected chi connectivity index (χ2v) is 8.92. The molecule has 28 heavy (non-hydrogen) atoms. The first-order chi connectivity index (χ1) is 13.4. The zero-order chi connectivity index (χ0) is 20.1. The molecule has 0 bridgehead atoms. The Morgan fingerprint density at radius 3 is 2.46 bits per heavy atom. The average Bonchev–Trinajstić information content (AvgIpc) is 2.93. The van der Waals surface area contributed by atoms with Gasteiger partial charge in [-0.3, -0.25) is 4.68 Å². The Morgan fingerprint density at radius 2 is 1.86 bits per heavy atom. The lowest BCUT2D eigenvalue weighted by atomic mass is 10.1. The molecule has 1 aromatic heterocycles. The van der Waals surface area contributed by atoms with Crippen LogP contribution in [0.15, 0.2) is 29.2 Å². The highest BCUT2D eigenvalue weighted by Crippen LogP contribution is 2.23. The minimum atomic E-state index is -1.05. The Labute approximate surface area is 171 Å². The first kappa shape index (κ1) is 21.2. The molecule has 1 fully saturated rings. The summed E-state index contributed by atoms with van der Waals surface area (Å²) < 4.78 is 21.6. The van der Waals surface area contributed by atoms with E-state index in [4.69, 9.17) is 4.74 Å². The smallest absolute Gasteiger partial charge is 0.303 e. The summed E-state index contributed by atoms with van der Waals surface area (Å²) in [5.41, 5.74) is 4.10.